The molecule has 0 aliphatic heterocycles. The highest BCUT2D eigenvalue weighted by molar-refractivity contribution is 5.78. The standard InChI is InChI=1S/C35H42N12O2/c1-35(2,23-37-32-27(24-13-9-14-24)19-30-40-41-33(47(30)43-32)25-11-5-4-6-12-25)22-36-18-10-15-26-20-46(44-39-26)21-31(48)42-45(3)34-38-28-16-7-8-17-29(28)49-34/h4-8,11-12,16-17,19-20,24,36H,9-10,13-15,18,21-23H2,1-3H3,(H,37,43)(H,42,48). The van der Waals surface area contributed by atoms with E-state index in [2.05, 4.69) is 61.5 Å². The first kappa shape index (κ1) is 32.2. The number of para-hydroxylation sites is 2. The van der Waals surface area contributed by atoms with Crippen molar-refractivity contribution in [1.82, 2.24) is 50.5 Å². The van der Waals surface area contributed by atoms with Crippen LogP contribution >= 0.6 is 0 Å². The maximum absolute atomic E-state index is 12.6. The van der Waals surface area contributed by atoms with Gasteiger partial charge in [-0.2, -0.15) is 9.50 Å². The molecule has 6 aromatic rings. The van der Waals surface area contributed by atoms with Crippen molar-refractivity contribution in [1.29, 1.82) is 0 Å². The van der Waals surface area contributed by atoms with Gasteiger partial charge in [0.05, 0.1) is 5.69 Å². The fourth-order valence-electron chi connectivity index (χ4n) is 5.94. The van der Waals surface area contributed by atoms with E-state index in [1.807, 2.05) is 65.3 Å². The van der Waals surface area contributed by atoms with Gasteiger partial charge < -0.3 is 15.1 Å². The number of carbonyl (C=O) groups is 1. The number of hydrogen-bond acceptors (Lipinski definition) is 11. The highest BCUT2D eigenvalue weighted by Crippen LogP contribution is 2.40. The lowest BCUT2D eigenvalue weighted by Gasteiger charge is -2.30. The molecule has 3 N–H and O–H groups in total. The third-order valence-electron chi connectivity index (χ3n) is 8.88. The van der Waals surface area contributed by atoms with Crippen molar-refractivity contribution >= 4 is 34.5 Å². The van der Waals surface area contributed by atoms with E-state index in [0.29, 0.717) is 17.5 Å². The topological polar surface area (TPSA) is 156 Å². The summed E-state index contributed by atoms with van der Waals surface area (Å²) in [5.74, 6) is 1.91. The molecule has 1 amide bonds. The van der Waals surface area contributed by atoms with E-state index in [1.165, 1.54) is 29.8 Å². The first-order valence-corrected chi connectivity index (χ1v) is 16.9. The summed E-state index contributed by atoms with van der Waals surface area (Å²) in [4.78, 5) is 17.0. The second-order valence-electron chi connectivity index (χ2n) is 13.5. The van der Waals surface area contributed by atoms with Crippen molar-refractivity contribution in [2.45, 2.75) is 58.4 Å². The van der Waals surface area contributed by atoms with E-state index in [4.69, 9.17) is 9.52 Å². The van der Waals surface area contributed by atoms with Crippen molar-refractivity contribution in [3.8, 4) is 11.4 Å². The monoisotopic (exact) mass is 662 g/mol. The largest absolute Gasteiger partial charge is 0.422 e. The van der Waals surface area contributed by atoms with Crippen molar-refractivity contribution in [2.24, 2.45) is 5.41 Å². The van der Waals surface area contributed by atoms with Crippen molar-refractivity contribution < 1.29 is 9.21 Å². The van der Waals surface area contributed by atoms with Gasteiger partial charge in [-0.15, -0.1) is 20.4 Å². The quantitative estimate of drug-likeness (QED) is 0.104. The number of benzene rings is 2. The number of hydrazine groups is 1. The fourth-order valence-corrected chi connectivity index (χ4v) is 5.94. The number of amides is 1. The van der Waals surface area contributed by atoms with E-state index < -0.39 is 0 Å². The third-order valence-corrected chi connectivity index (χ3v) is 8.88. The Balaban J connectivity index is 0.869. The van der Waals surface area contributed by atoms with Gasteiger partial charge in [0.15, 0.2) is 22.9 Å². The summed E-state index contributed by atoms with van der Waals surface area (Å²) in [5, 5.41) is 31.1. The molecule has 1 fully saturated rings. The van der Waals surface area contributed by atoms with Gasteiger partial charge in [0.25, 0.3) is 5.91 Å². The normalized spacial score (nSPS) is 13.5. The second kappa shape index (κ2) is 14.0. The van der Waals surface area contributed by atoms with Crippen LogP contribution < -0.4 is 21.1 Å². The molecule has 1 aliphatic rings. The molecule has 0 atom stereocenters. The Morgan fingerprint density at radius 2 is 1.86 bits per heavy atom. The summed E-state index contributed by atoms with van der Waals surface area (Å²) < 4.78 is 9.09. The third kappa shape index (κ3) is 7.54. The van der Waals surface area contributed by atoms with Crippen LogP contribution in [-0.2, 0) is 17.8 Å². The number of carbonyl (C=O) groups excluding carboxylic acids is 1. The number of hydrogen-bond donors (Lipinski definition) is 3. The summed E-state index contributed by atoms with van der Waals surface area (Å²) in [7, 11) is 1.68. The number of oxazole rings is 1. The Morgan fingerprint density at radius 1 is 1.04 bits per heavy atom. The number of nitrogens with zero attached hydrogens (tertiary/aromatic N) is 9. The number of aryl methyl sites for hydroxylation is 1. The number of fused-ring (bicyclic) bond motifs is 2. The van der Waals surface area contributed by atoms with Gasteiger partial charge in [-0.3, -0.25) is 10.2 Å². The molecule has 254 valence electrons. The fraction of sp³-hybridized carbons (Fsp3) is 0.400. The molecule has 0 spiro atoms. The maximum atomic E-state index is 12.6. The Labute approximate surface area is 284 Å². The van der Waals surface area contributed by atoms with E-state index in [1.54, 1.807) is 11.7 Å². The van der Waals surface area contributed by atoms with Gasteiger partial charge in [0.1, 0.15) is 12.1 Å². The van der Waals surface area contributed by atoms with Crippen LogP contribution in [-0.4, -0.2) is 72.4 Å². The van der Waals surface area contributed by atoms with Crippen LogP contribution in [0.4, 0.5) is 11.8 Å². The highest BCUT2D eigenvalue weighted by Gasteiger charge is 2.26. The minimum atomic E-state index is -0.257. The second-order valence-corrected chi connectivity index (χ2v) is 13.5. The molecule has 0 unspecified atom stereocenters. The molecule has 14 heteroatoms. The first-order valence-electron chi connectivity index (χ1n) is 16.9. The molecule has 7 rings (SSSR count). The molecule has 4 heterocycles. The average molecular weight is 663 g/mol. The zero-order valence-electron chi connectivity index (χ0n) is 28.1. The van der Waals surface area contributed by atoms with E-state index in [-0.39, 0.29) is 17.9 Å². The molecule has 2 aromatic carbocycles. The van der Waals surface area contributed by atoms with Crippen LogP contribution in [0.25, 0.3) is 28.1 Å². The number of aromatic nitrogens is 8. The zero-order valence-corrected chi connectivity index (χ0v) is 28.1. The molecule has 4 aromatic heterocycles. The van der Waals surface area contributed by atoms with E-state index in [9.17, 15) is 4.79 Å². The molecule has 1 aliphatic carbocycles. The molecule has 0 radical (unpaired) electrons. The zero-order chi connectivity index (χ0) is 33.8. The molecule has 49 heavy (non-hydrogen) atoms. The van der Waals surface area contributed by atoms with E-state index >= 15 is 0 Å². The predicted octanol–water partition coefficient (Wildman–Crippen LogP) is 4.62. The van der Waals surface area contributed by atoms with Gasteiger partial charge >= 0.3 is 6.01 Å². The van der Waals surface area contributed by atoms with Crippen molar-refractivity contribution in [2.75, 3.05) is 37.0 Å². The maximum Gasteiger partial charge on any atom is 0.317 e. The summed E-state index contributed by atoms with van der Waals surface area (Å²) in [6.45, 7) is 6.97. The number of anilines is 2. The van der Waals surface area contributed by atoms with Gasteiger partial charge in [-0.25, -0.2) is 9.69 Å². The highest BCUT2D eigenvalue weighted by atomic mass is 16.4. The first-order chi connectivity index (χ1) is 23.8. The molecule has 0 bridgehead atoms. The van der Waals surface area contributed by atoms with E-state index in [0.717, 1.165) is 66.5 Å². The summed E-state index contributed by atoms with van der Waals surface area (Å²) in [5.41, 5.74) is 7.96. The Kier molecular flexibility index (Phi) is 9.20. The molecule has 1 saturated carbocycles. The molecule has 0 saturated heterocycles. The van der Waals surface area contributed by atoms with Gasteiger partial charge in [0, 0.05) is 37.5 Å². The molecule has 14 nitrogen and oxygen atoms in total. The number of rotatable bonds is 15. The van der Waals surface area contributed by atoms with Crippen LogP contribution in [0.1, 0.15) is 56.7 Å². The van der Waals surface area contributed by atoms with Crippen molar-refractivity contribution in [3.63, 3.8) is 0 Å². The van der Waals surface area contributed by atoms with Crippen LogP contribution in [0, 0.1) is 5.41 Å². The lowest BCUT2D eigenvalue weighted by Crippen LogP contribution is -2.41. The summed E-state index contributed by atoms with van der Waals surface area (Å²) in [6.07, 6.45) is 7.07. The van der Waals surface area contributed by atoms with Gasteiger partial charge in [-0.1, -0.05) is 67.9 Å². The van der Waals surface area contributed by atoms with Crippen LogP contribution in [0.2, 0.25) is 0 Å². The van der Waals surface area contributed by atoms with Crippen molar-refractivity contribution in [3.05, 3.63) is 78.1 Å². The van der Waals surface area contributed by atoms with Crippen LogP contribution in [0.5, 0.6) is 0 Å². The molecular weight excluding hydrogens is 620 g/mol. The minimum absolute atomic E-state index is 0.0233. The minimum Gasteiger partial charge on any atom is -0.422 e. The number of nitrogens with one attached hydrogen (secondary N) is 3. The Bertz CT molecular complexity index is 2000. The smallest absolute Gasteiger partial charge is 0.317 e. The Hall–Kier alpha value is -5.37. The predicted molar refractivity (Wildman–Crippen MR) is 187 cm³/mol. The summed E-state index contributed by atoms with van der Waals surface area (Å²) >= 11 is 0. The van der Waals surface area contributed by atoms with Crippen LogP contribution in [0.3, 0.4) is 0 Å². The van der Waals surface area contributed by atoms with Gasteiger partial charge in [-0.05, 0) is 61.8 Å². The SMILES string of the molecule is CN(NC(=O)Cn1cc(CCCNCC(C)(C)CNc2nn3c(-c4ccccc4)nnc3cc2C2CCC2)nn1)c1nc2ccccc2o1. The lowest BCUT2D eigenvalue weighted by atomic mass is 9.80. The molecular formula is C35H42N12O2. The lowest BCUT2D eigenvalue weighted by molar-refractivity contribution is -0.122. The van der Waals surface area contributed by atoms with Crippen LogP contribution in [0.15, 0.2) is 71.3 Å². The summed E-state index contributed by atoms with van der Waals surface area (Å²) in [6, 6.07) is 20.0. The van der Waals surface area contributed by atoms with Gasteiger partial charge in [0.2, 0.25) is 0 Å². The average Bonchev–Trinajstić information content (AvgIpc) is 3.81. The Morgan fingerprint density at radius 3 is 2.65 bits per heavy atom.